The fourth-order valence-electron chi connectivity index (χ4n) is 6.86. The van der Waals surface area contributed by atoms with Gasteiger partial charge in [0, 0.05) is 64.4 Å². The van der Waals surface area contributed by atoms with Gasteiger partial charge in [0.1, 0.15) is 12.1 Å². The number of fused-ring (bicyclic) bond motifs is 1. The van der Waals surface area contributed by atoms with Gasteiger partial charge in [0.25, 0.3) is 0 Å². The number of hydrogen-bond donors (Lipinski definition) is 2. The summed E-state index contributed by atoms with van der Waals surface area (Å²) in [6, 6.07) is 6.37. The quantitative estimate of drug-likeness (QED) is 0.342. The summed E-state index contributed by atoms with van der Waals surface area (Å²) in [4.78, 5) is 24.6. The minimum atomic E-state index is -0.351. The molecule has 3 fully saturated rings. The Balaban J connectivity index is 0.938. The van der Waals surface area contributed by atoms with Crippen molar-refractivity contribution >= 4 is 23.2 Å². The van der Waals surface area contributed by atoms with Gasteiger partial charge in [0.15, 0.2) is 5.65 Å². The topological polar surface area (TPSA) is 135 Å². The lowest BCUT2D eigenvalue weighted by Crippen LogP contribution is -2.63. The van der Waals surface area contributed by atoms with Gasteiger partial charge in [0.2, 0.25) is 11.9 Å². The van der Waals surface area contributed by atoms with Crippen LogP contribution in [-0.4, -0.2) is 117 Å². The number of carbonyl (C=O) groups is 1. The van der Waals surface area contributed by atoms with Crippen molar-refractivity contribution in [2.24, 2.45) is 5.92 Å². The Morgan fingerprint density at radius 3 is 2.80 bits per heavy atom. The summed E-state index contributed by atoms with van der Waals surface area (Å²) in [5.74, 6) is 1.29. The molecule has 0 atom stereocenters. The molecule has 14 heteroatoms. The highest BCUT2D eigenvalue weighted by Gasteiger charge is 2.46. The first-order valence-electron chi connectivity index (χ1n) is 16.1. The van der Waals surface area contributed by atoms with Gasteiger partial charge in [-0.05, 0) is 42.9 Å². The van der Waals surface area contributed by atoms with Crippen molar-refractivity contribution in [1.29, 1.82) is 5.26 Å². The van der Waals surface area contributed by atoms with Gasteiger partial charge in [-0.2, -0.15) is 15.3 Å². The largest absolute Gasteiger partial charge is 0.379 e. The number of amides is 1. The number of morpholine rings is 1. The van der Waals surface area contributed by atoms with Gasteiger partial charge >= 0.3 is 0 Å². The number of pyridine rings is 1. The highest BCUT2D eigenvalue weighted by atomic mass is 16.5. The first-order chi connectivity index (χ1) is 22.0. The fraction of sp³-hybridized carbons (Fsp3) is 0.581. The number of nitriles is 1. The minimum absolute atomic E-state index is 0.142. The van der Waals surface area contributed by atoms with Gasteiger partial charge in [-0.3, -0.25) is 14.4 Å². The van der Waals surface area contributed by atoms with Crippen molar-refractivity contribution in [3.8, 4) is 6.07 Å². The van der Waals surface area contributed by atoms with Gasteiger partial charge in [-0.1, -0.05) is 6.92 Å². The third kappa shape index (κ3) is 6.20. The second kappa shape index (κ2) is 12.7. The Morgan fingerprint density at radius 2 is 2.04 bits per heavy atom. The minimum Gasteiger partial charge on any atom is -0.379 e. The number of hydrogen-bond acceptors (Lipinski definition) is 11. The predicted octanol–water partition coefficient (Wildman–Crippen LogP) is 1.26. The zero-order valence-corrected chi connectivity index (χ0v) is 25.9. The monoisotopic (exact) mass is 614 g/mol. The van der Waals surface area contributed by atoms with E-state index in [-0.39, 0.29) is 18.0 Å². The van der Waals surface area contributed by atoms with E-state index in [4.69, 9.17) is 9.72 Å². The molecular formula is C31H42N12O2. The maximum Gasteiger partial charge on any atom is 0.247 e. The first-order valence-corrected chi connectivity index (χ1v) is 16.1. The zero-order valence-electron chi connectivity index (χ0n) is 25.9. The van der Waals surface area contributed by atoms with Crippen molar-refractivity contribution in [3.05, 3.63) is 48.2 Å². The average molecular weight is 615 g/mol. The molecule has 2 N–H and O–H groups in total. The summed E-state index contributed by atoms with van der Waals surface area (Å²) in [6.45, 7) is 10.7. The Morgan fingerprint density at radius 1 is 1.22 bits per heavy atom. The molecule has 3 saturated heterocycles. The number of rotatable bonds is 10. The fourth-order valence-corrected chi connectivity index (χ4v) is 6.86. The number of carbonyl (C=O) groups excluding carboxylic acids is 1. The van der Waals surface area contributed by atoms with E-state index >= 15 is 0 Å². The van der Waals surface area contributed by atoms with E-state index in [9.17, 15) is 10.1 Å². The summed E-state index contributed by atoms with van der Waals surface area (Å²) < 4.78 is 9.21. The van der Waals surface area contributed by atoms with Crippen LogP contribution in [0.5, 0.6) is 0 Å². The normalized spacial score (nSPS) is 20.7. The van der Waals surface area contributed by atoms with E-state index < -0.39 is 0 Å². The molecule has 14 nitrogen and oxygen atoms in total. The predicted molar refractivity (Wildman–Crippen MR) is 168 cm³/mol. The molecule has 7 rings (SSSR count). The molecule has 4 aliphatic rings. The molecule has 7 heterocycles. The number of nitrogens with one attached hydrogen (secondary N) is 2. The molecule has 3 aromatic rings. The molecule has 3 aromatic heterocycles. The van der Waals surface area contributed by atoms with Crippen LogP contribution >= 0.6 is 0 Å². The Labute approximate surface area is 263 Å². The molecular weight excluding hydrogens is 572 g/mol. The van der Waals surface area contributed by atoms with Crippen LogP contribution in [0, 0.1) is 17.2 Å². The van der Waals surface area contributed by atoms with Crippen molar-refractivity contribution in [2.45, 2.75) is 38.1 Å². The highest BCUT2D eigenvalue weighted by molar-refractivity contribution is 5.78. The van der Waals surface area contributed by atoms with Crippen LogP contribution in [0.4, 0.5) is 11.6 Å². The standard InChI is InChI=1S/C31H42N12O2/c1-2-24-16-34-43(19-24)31(7-8-32)22-40(23-31)27-4-3-9-42-29(27)36-30(37-42)35-26-17-33-41(20-26)21-28(44)39-10-5-25(6-11-39)18-38-12-14-45-15-13-38/h3-4,9,16,19-20,25,33H,2,5-7,10-15,17-18,21-23H2,1H3,(H,35,37). The van der Waals surface area contributed by atoms with Gasteiger partial charge in [0.05, 0.1) is 49.8 Å². The molecule has 0 spiro atoms. The number of piperidine rings is 1. The number of nitrogens with zero attached hydrogens (tertiary/aromatic N) is 10. The summed E-state index contributed by atoms with van der Waals surface area (Å²) in [5.41, 5.74) is 6.71. The molecule has 0 aliphatic carbocycles. The Hall–Kier alpha value is -4.19. The molecule has 0 bridgehead atoms. The van der Waals surface area contributed by atoms with Crippen LogP contribution in [0.15, 0.2) is 42.6 Å². The molecule has 238 valence electrons. The number of anilines is 2. The van der Waals surface area contributed by atoms with E-state index in [2.05, 4.69) is 49.9 Å². The zero-order chi connectivity index (χ0) is 30.8. The van der Waals surface area contributed by atoms with Crippen LogP contribution in [0.3, 0.4) is 0 Å². The number of aromatic nitrogens is 5. The number of aryl methyl sites for hydroxylation is 1. The second-order valence-corrected chi connectivity index (χ2v) is 12.6. The second-order valence-electron chi connectivity index (χ2n) is 12.6. The maximum atomic E-state index is 13.1. The Kier molecular flexibility index (Phi) is 8.31. The third-order valence-electron chi connectivity index (χ3n) is 9.54. The first kappa shape index (κ1) is 29.5. The van der Waals surface area contributed by atoms with Crippen molar-refractivity contribution in [3.63, 3.8) is 0 Å². The van der Waals surface area contributed by atoms with E-state index in [1.165, 1.54) is 5.56 Å². The van der Waals surface area contributed by atoms with Crippen LogP contribution < -0.4 is 15.6 Å². The lowest BCUT2D eigenvalue weighted by Gasteiger charge is -2.50. The summed E-state index contributed by atoms with van der Waals surface area (Å²) >= 11 is 0. The van der Waals surface area contributed by atoms with Gasteiger partial charge in [-0.15, -0.1) is 5.10 Å². The van der Waals surface area contributed by atoms with Crippen LogP contribution in [0.1, 0.15) is 31.7 Å². The molecule has 0 unspecified atom stereocenters. The third-order valence-corrected chi connectivity index (χ3v) is 9.54. The molecule has 0 saturated carbocycles. The molecule has 4 aliphatic heterocycles. The number of likely N-dealkylation sites (tertiary alicyclic amines) is 1. The van der Waals surface area contributed by atoms with E-state index in [0.29, 0.717) is 37.9 Å². The van der Waals surface area contributed by atoms with Crippen LogP contribution in [0.25, 0.3) is 5.65 Å². The van der Waals surface area contributed by atoms with Crippen LogP contribution in [-0.2, 0) is 21.5 Å². The molecule has 0 radical (unpaired) electrons. The van der Waals surface area contributed by atoms with Crippen LogP contribution in [0.2, 0.25) is 0 Å². The smallest absolute Gasteiger partial charge is 0.247 e. The summed E-state index contributed by atoms with van der Waals surface area (Å²) in [7, 11) is 0. The SMILES string of the molecule is CCc1cnn(C2(CC#N)CN(c3cccn4nc(NC5=CN(CC(=O)N6CCC(CN7CCOCC7)CC6)NC5)nc34)C2)c1. The molecule has 1 amide bonds. The lowest BCUT2D eigenvalue weighted by atomic mass is 9.86. The van der Waals surface area contributed by atoms with E-state index in [0.717, 1.165) is 82.2 Å². The number of ether oxygens (including phenoxy) is 1. The average Bonchev–Trinajstić information content (AvgIpc) is 3.80. The van der Waals surface area contributed by atoms with Crippen molar-refractivity contribution in [1.82, 2.24) is 44.6 Å². The summed E-state index contributed by atoms with van der Waals surface area (Å²) in [6.07, 6.45) is 11.2. The number of hydrazine groups is 1. The highest BCUT2D eigenvalue weighted by Crippen LogP contribution is 2.37. The Bertz CT molecular complexity index is 1570. The molecule has 45 heavy (non-hydrogen) atoms. The van der Waals surface area contributed by atoms with Crippen molar-refractivity contribution < 1.29 is 9.53 Å². The van der Waals surface area contributed by atoms with Gasteiger partial charge in [-0.25, -0.2) is 9.94 Å². The maximum absolute atomic E-state index is 13.1. The lowest BCUT2D eigenvalue weighted by molar-refractivity contribution is -0.133. The molecule has 0 aromatic carbocycles. The van der Waals surface area contributed by atoms with Crippen molar-refractivity contribution in [2.75, 3.05) is 82.3 Å². The van der Waals surface area contributed by atoms with E-state index in [1.807, 2.05) is 45.3 Å². The van der Waals surface area contributed by atoms with E-state index in [1.54, 1.807) is 4.52 Å². The van der Waals surface area contributed by atoms with Gasteiger partial charge < -0.3 is 24.9 Å². The summed E-state index contributed by atoms with van der Waals surface area (Å²) in [5, 5.41) is 24.0.